The number of amides is 1. The van der Waals surface area contributed by atoms with Gasteiger partial charge in [0.2, 0.25) is 5.91 Å². The number of hydrogen-bond donors (Lipinski definition) is 1. The first-order valence-electron chi connectivity index (χ1n) is 7.21. The number of rotatable bonds is 5. The summed E-state index contributed by atoms with van der Waals surface area (Å²) in [5.74, 6) is -0.266. The SMILES string of the molecule is Cc1nn(C(C)C(=O)NC(C)c2cnn(C)c2C)cc1[N+](=O)[O-]. The molecular weight excluding hydrogens is 300 g/mol. The van der Waals surface area contributed by atoms with Crippen LogP contribution in [0.3, 0.4) is 0 Å². The van der Waals surface area contributed by atoms with Gasteiger partial charge in [0.15, 0.2) is 0 Å². The molecule has 0 saturated heterocycles. The van der Waals surface area contributed by atoms with Gasteiger partial charge in [0.1, 0.15) is 17.9 Å². The van der Waals surface area contributed by atoms with Gasteiger partial charge >= 0.3 is 5.69 Å². The third kappa shape index (κ3) is 3.22. The smallest absolute Gasteiger partial charge is 0.309 e. The van der Waals surface area contributed by atoms with Crippen LogP contribution in [-0.4, -0.2) is 30.4 Å². The average Bonchev–Trinajstić information content (AvgIpc) is 3.02. The van der Waals surface area contributed by atoms with E-state index in [2.05, 4.69) is 15.5 Å². The Morgan fingerprint density at radius 1 is 1.39 bits per heavy atom. The Labute approximate surface area is 133 Å². The summed E-state index contributed by atoms with van der Waals surface area (Å²) in [5.41, 5.74) is 2.08. The fourth-order valence-corrected chi connectivity index (χ4v) is 2.32. The lowest BCUT2D eigenvalue weighted by Crippen LogP contribution is -2.33. The third-order valence-corrected chi connectivity index (χ3v) is 3.96. The van der Waals surface area contributed by atoms with Gasteiger partial charge in [0.05, 0.1) is 17.2 Å². The molecule has 23 heavy (non-hydrogen) atoms. The van der Waals surface area contributed by atoms with Crippen molar-refractivity contribution < 1.29 is 9.72 Å². The van der Waals surface area contributed by atoms with Crippen molar-refractivity contribution in [1.29, 1.82) is 0 Å². The van der Waals surface area contributed by atoms with E-state index in [0.29, 0.717) is 0 Å². The minimum atomic E-state index is -0.651. The van der Waals surface area contributed by atoms with Crippen molar-refractivity contribution in [2.24, 2.45) is 7.05 Å². The van der Waals surface area contributed by atoms with Gasteiger partial charge in [0, 0.05) is 18.3 Å². The van der Waals surface area contributed by atoms with Crippen LogP contribution in [0.25, 0.3) is 0 Å². The van der Waals surface area contributed by atoms with E-state index in [1.807, 2.05) is 20.9 Å². The standard InChI is InChI=1S/C14H20N6O3/c1-8(12-6-15-18(5)10(12)3)16-14(21)11(4)19-7-13(20(22)23)9(2)17-19/h6-8,11H,1-5H3,(H,16,21). The molecule has 0 aromatic carbocycles. The van der Waals surface area contributed by atoms with Gasteiger partial charge in [-0.1, -0.05) is 0 Å². The summed E-state index contributed by atoms with van der Waals surface area (Å²) in [6, 6.07) is -0.868. The Morgan fingerprint density at radius 3 is 2.52 bits per heavy atom. The van der Waals surface area contributed by atoms with Crippen LogP contribution in [0.15, 0.2) is 12.4 Å². The van der Waals surface area contributed by atoms with Gasteiger partial charge in [-0.25, -0.2) is 0 Å². The van der Waals surface area contributed by atoms with Gasteiger partial charge in [-0.3, -0.25) is 24.3 Å². The molecule has 0 spiro atoms. The molecule has 2 heterocycles. The van der Waals surface area contributed by atoms with E-state index in [4.69, 9.17) is 0 Å². The van der Waals surface area contributed by atoms with Crippen LogP contribution in [0.1, 0.15) is 42.9 Å². The maximum Gasteiger partial charge on any atom is 0.309 e. The highest BCUT2D eigenvalue weighted by molar-refractivity contribution is 5.80. The predicted molar refractivity (Wildman–Crippen MR) is 82.8 cm³/mol. The summed E-state index contributed by atoms with van der Waals surface area (Å²) in [5, 5.41) is 22.0. The van der Waals surface area contributed by atoms with E-state index in [1.165, 1.54) is 10.9 Å². The molecule has 124 valence electrons. The molecule has 0 aliphatic rings. The Balaban J connectivity index is 2.12. The molecule has 9 nitrogen and oxygen atoms in total. The van der Waals surface area contributed by atoms with E-state index >= 15 is 0 Å². The van der Waals surface area contributed by atoms with Crippen LogP contribution in [0.5, 0.6) is 0 Å². The Kier molecular flexibility index (Phi) is 4.48. The van der Waals surface area contributed by atoms with Crippen molar-refractivity contribution in [3.63, 3.8) is 0 Å². The molecule has 0 saturated carbocycles. The Hall–Kier alpha value is -2.71. The van der Waals surface area contributed by atoms with Crippen molar-refractivity contribution in [2.45, 2.75) is 39.8 Å². The van der Waals surface area contributed by atoms with Gasteiger partial charge < -0.3 is 5.32 Å². The number of hydrogen-bond acceptors (Lipinski definition) is 5. The van der Waals surface area contributed by atoms with E-state index in [1.54, 1.807) is 24.7 Å². The maximum atomic E-state index is 12.4. The van der Waals surface area contributed by atoms with E-state index in [0.717, 1.165) is 11.3 Å². The minimum Gasteiger partial charge on any atom is -0.348 e. The van der Waals surface area contributed by atoms with E-state index < -0.39 is 11.0 Å². The van der Waals surface area contributed by atoms with Crippen molar-refractivity contribution in [3.8, 4) is 0 Å². The van der Waals surface area contributed by atoms with Crippen LogP contribution < -0.4 is 5.32 Å². The Bertz CT molecular complexity index is 748. The fourth-order valence-electron chi connectivity index (χ4n) is 2.32. The summed E-state index contributed by atoms with van der Waals surface area (Å²) < 4.78 is 3.05. The minimum absolute atomic E-state index is 0.0965. The first-order valence-corrected chi connectivity index (χ1v) is 7.21. The number of carbonyl (C=O) groups is 1. The molecule has 2 aromatic heterocycles. The second kappa shape index (κ2) is 6.19. The number of aryl methyl sites for hydroxylation is 2. The second-order valence-electron chi connectivity index (χ2n) is 5.55. The molecule has 2 rings (SSSR count). The summed E-state index contributed by atoms with van der Waals surface area (Å²) in [7, 11) is 1.83. The highest BCUT2D eigenvalue weighted by Gasteiger charge is 2.24. The zero-order valence-corrected chi connectivity index (χ0v) is 13.8. The van der Waals surface area contributed by atoms with Crippen LogP contribution >= 0.6 is 0 Å². The molecular formula is C14H20N6O3. The Morgan fingerprint density at radius 2 is 2.04 bits per heavy atom. The first-order chi connectivity index (χ1) is 10.7. The summed E-state index contributed by atoms with van der Waals surface area (Å²) in [4.78, 5) is 22.7. The molecule has 0 aliphatic carbocycles. The van der Waals surface area contributed by atoms with Crippen molar-refractivity contribution in [2.75, 3.05) is 0 Å². The molecule has 2 atom stereocenters. The lowest BCUT2D eigenvalue weighted by molar-refractivity contribution is -0.385. The third-order valence-electron chi connectivity index (χ3n) is 3.96. The zero-order chi connectivity index (χ0) is 17.3. The van der Waals surface area contributed by atoms with Gasteiger partial charge in [-0.05, 0) is 27.7 Å². The molecule has 0 aliphatic heterocycles. The predicted octanol–water partition coefficient (Wildman–Crippen LogP) is 1.58. The lowest BCUT2D eigenvalue weighted by atomic mass is 10.1. The summed E-state index contributed by atoms with van der Waals surface area (Å²) in [6.07, 6.45) is 2.99. The van der Waals surface area contributed by atoms with E-state index in [9.17, 15) is 14.9 Å². The molecule has 1 N–H and O–H groups in total. The largest absolute Gasteiger partial charge is 0.348 e. The summed E-state index contributed by atoms with van der Waals surface area (Å²) in [6.45, 7) is 6.98. The first kappa shape index (κ1) is 16.7. The van der Waals surface area contributed by atoms with Crippen molar-refractivity contribution in [1.82, 2.24) is 24.9 Å². The normalized spacial score (nSPS) is 13.6. The summed E-state index contributed by atoms with van der Waals surface area (Å²) >= 11 is 0. The highest BCUT2D eigenvalue weighted by atomic mass is 16.6. The highest BCUT2D eigenvalue weighted by Crippen LogP contribution is 2.20. The van der Waals surface area contributed by atoms with Crippen LogP contribution in [0, 0.1) is 24.0 Å². The number of nitrogens with one attached hydrogen (secondary N) is 1. The molecule has 0 fully saturated rings. The second-order valence-corrected chi connectivity index (χ2v) is 5.55. The lowest BCUT2D eigenvalue weighted by Gasteiger charge is -2.17. The molecule has 2 unspecified atom stereocenters. The number of nitrogens with zero attached hydrogens (tertiary/aromatic N) is 5. The van der Waals surface area contributed by atoms with Crippen molar-refractivity contribution in [3.05, 3.63) is 39.5 Å². The van der Waals surface area contributed by atoms with Crippen molar-refractivity contribution >= 4 is 11.6 Å². The molecule has 1 amide bonds. The maximum absolute atomic E-state index is 12.4. The van der Waals surface area contributed by atoms with Crippen LogP contribution in [0.4, 0.5) is 5.69 Å². The van der Waals surface area contributed by atoms with E-state index in [-0.39, 0.29) is 23.3 Å². The molecule has 0 bridgehead atoms. The quantitative estimate of drug-likeness (QED) is 0.664. The number of nitro groups is 1. The van der Waals surface area contributed by atoms with Crippen LogP contribution in [-0.2, 0) is 11.8 Å². The topological polar surface area (TPSA) is 108 Å². The fraction of sp³-hybridized carbons (Fsp3) is 0.500. The van der Waals surface area contributed by atoms with Gasteiger partial charge in [-0.15, -0.1) is 0 Å². The average molecular weight is 320 g/mol. The molecule has 0 radical (unpaired) electrons. The molecule has 9 heteroatoms. The van der Waals surface area contributed by atoms with Crippen LogP contribution in [0.2, 0.25) is 0 Å². The number of aromatic nitrogens is 4. The number of carbonyl (C=O) groups excluding carboxylic acids is 1. The molecule has 2 aromatic rings. The van der Waals surface area contributed by atoms with Gasteiger partial charge in [0.25, 0.3) is 0 Å². The zero-order valence-electron chi connectivity index (χ0n) is 13.8. The monoisotopic (exact) mass is 320 g/mol. The van der Waals surface area contributed by atoms with Gasteiger partial charge in [-0.2, -0.15) is 10.2 Å².